The molecule has 1 aliphatic rings. The summed E-state index contributed by atoms with van der Waals surface area (Å²) in [5.41, 5.74) is 0. The molecule has 1 heterocycles. The largest absolute Gasteiger partial charge is 0.389 e. The van der Waals surface area contributed by atoms with Crippen LogP contribution in [0.25, 0.3) is 0 Å². The van der Waals surface area contributed by atoms with E-state index in [9.17, 15) is 5.11 Å². The van der Waals surface area contributed by atoms with Crippen LogP contribution in [-0.4, -0.2) is 62.0 Å². The van der Waals surface area contributed by atoms with Gasteiger partial charge in [0.25, 0.3) is 0 Å². The zero-order valence-electron chi connectivity index (χ0n) is 9.91. The highest BCUT2D eigenvalue weighted by atomic mass is 16.5. The van der Waals surface area contributed by atoms with Gasteiger partial charge < -0.3 is 20.1 Å². The average Bonchev–Trinajstić information content (AvgIpc) is 2.27. The molecule has 90 valence electrons. The van der Waals surface area contributed by atoms with Gasteiger partial charge in [0.2, 0.25) is 0 Å². The van der Waals surface area contributed by atoms with E-state index in [0.717, 1.165) is 13.1 Å². The first kappa shape index (κ1) is 12.9. The van der Waals surface area contributed by atoms with Crippen LogP contribution in [0.2, 0.25) is 0 Å². The summed E-state index contributed by atoms with van der Waals surface area (Å²) in [4.78, 5) is 2.25. The van der Waals surface area contributed by atoms with E-state index >= 15 is 0 Å². The third-order valence-electron chi connectivity index (χ3n) is 2.95. The summed E-state index contributed by atoms with van der Waals surface area (Å²) in [6, 6.07) is 0.613. The minimum atomic E-state index is -0.357. The second-order valence-electron chi connectivity index (χ2n) is 4.23. The predicted molar refractivity (Wildman–Crippen MR) is 61.0 cm³/mol. The molecule has 2 N–H and O–H groups in total. The number of hydrogen-bond donors (Lipinski definition) is 2. The van der Waals surface area contributed by atoms with Gasteiger partial charge in [-0.15, -0.1) is 0 Å². The highest BCUT2D eigenvalue weighted by molar-refractivity contribution is 4.77. The molecular weight excluding hydrogens is 192 g/mol. The minimum absolute atomic E-state index is 0.357. The molecule has 0 aliphatic carbocycles. The number of likely N-dealkylation sites (N-methyl/N-ethyl adjacent to an activating group) is 1. The Morgan fingerprint density at radius 2 is 2.13 bits per heavy atom. The number of nitrogens with zero attached hydrogens (tertiary/aromatic N) is 1. The molecule has 0 saturated carbocycles. The van der Waals surface area contributed by atoms with Crippen LogP contribution in [0.4, 0.5) is 0 Å². The van der Waals surface area contributed by atoms with Crippen LogP contribution in [0.15, 0.2) is 0 Å². The summed E-state index contributed by atoms with van der Waals surface area (Å²) in [6.07, 6.45) is 2.00. The van der Waals surface area contributed by atoms with Crippen LogP contribution in [0, 0.1) is 0 Å². The Morgan fingerprint density at radius 1 is 1.47 bits per heavy atom. The summed E-state index contributed by atoms with van der Waals surface area (Å²) in [5.74, 6) is 0. The van der Waals surface area contributed by atoms with Gasteiger partial charge in [-0.25, -0.2) is 0 Å². The Kier molecular flexibility index (Phi) is 6.17. The molecule has 1 rings (SSSR count). The topological polar surface area (TPSA) is 44.7 Å². The van der Waals surface area contributed by atoms with Gasteiger partial charge in [-0.05, 0) is 39.9 Å². The number of aliphatic hydroxyl groups excluding tert-OH is 1. The SMILES string of the molecule is CCOCC(O)CN(C)C1CCNCC1. The molecular formula is C11H24N2O2. The zero-order valence-corrected chi connectivity index (χ0v) is 9.91. The van der Waals surface area contributed by atoms with Crippen molar-refractivity contribution in [3.05, 3.63) is 0 Å². The van der Waals surface area contributed by atoms with E-state index < -0.39 is 0 Å². The van der Waals surface area contributed by atoms with Crippen LogP contribution in [0.1, 0.15) is 19.8 Å². The van der Waals surface area contributed by atoms with Crippen LogP contribution < -0.4 is 5.32 Å². The van der Waals surface area contributed by atoms with E-state index in [4.69, 9.17) is 4.74 Å². The molecule has 4 nitrogen and oxygen atoms in total. The van der Waals surface area contributed by atoms with Crippen molar-refractivity contribution in [3.63, 3.8) is 0 Å². The summed E-state index contributed by atoms with van der Waals surface area (Å²) in [7, 11) is 2.09. The zero-order chi connectivity index (χ0) is 11.1. The monoisotopic (exact) mass is 216 g/mol. The molecule has 0 aromatic heterocycles. The molecule has 0 bridgehead atoms. The summed E-state index contributed by atoms with van der Waals surface area (Å²) in [5, 5.41) is 13.0. The maximum atomic E-state index is 9.70. The van der Waals surface area contributed by atoms with Crippen molar-refractivity contribution < 1.29 is 9.84 Å². The molecule has 1 atom stereocenters. The van der Waals surface area contributed by atoms with E-state index in [1.165, 1.54) is 12.8 Å². The Labute approximate surface area is 92.6 Å². The van der Waals surface area contributed by atoms with E-state index in [1.54, 1.807) is 0 Å². The smallest absolute Gasteiger partial charge is 0.0900 e. The molecule has 0 amide bonds. The number of hydrogen-bond acceptors (Lipinski definition) is 4. The van der Waals surface area contributed by atoms with Gasteiger partial charge in [-0.3, -0.25) is 0 Å². The normalized spacial score (nSPS) is 20.8. The first-order valence-electron chi connectivity index (χ1n) is 5.90. The highest BCUT2D eigenvalue weighted by Gasteiger charge is 2.19. The van der Waals surface area contributed by atoms with Gasteiger partial charge in [0, 0.05) is 19.2 Å². The Bertz CT molecular complexity index is 161. The van der Waals surface area contributed by atoms with Crippen molar-refractivity contribution in [2.45, 2.75) is 31.9 Å². The van der Waals surface area contributed by atoms with Gasteiger partial charge in [0.1, 0.15) is 0 Å². The van der Waals surface area contributed by atoms with Crippen molar-refractivity contribution in [2.24, 2.45) is 0 Å². The Hall–Kier alpha value is -0.160. The molecule has 0 radical (unpaired) electrons. The molecule has 0 aromatic carbocycles. The van der Waals surface area contributed by atoms with Gasteiger partial charge in [0.05, 0.1) is 12.7 Å². The molecule has 1 unspecified atom stereocenters. The van der Waals surface area contributed by atoms with Crippen molar-refractivity contribution in [3.8, 4) is 0 Å². The lowest BCUT2D eigenvalue weighted by Crippen LogP contribution is -2.44. The van der Waals surface area contributed by atoms with Gasteiger partial charge in [-0.1, -0.05) is 0 Å². The predicted octanol–water partition coefficient (Wildman–Crippen LogP) is 0.0676. The number of aliphatic hydroxyl groups is 1. The number of nitrogens with one attached hydrogen (secondary N) is 1. The van der Waals surface area contributed by atoms with Crippen molar-refractivity contribution in [2.75, 3.05) is 39.9 Å². The first-order valence-corrected chi connectivity index (χ1v) is 5.90. The molecule has 1 fully saturated rings. The van der Waals surface area contributed by atoms with Crippen LogP contribution in [-0.2, 0) is 4.74 Å². The van der Waals surface area contributed by atoms with Crippen LogP contribution in [0.5, 0.6) is 0 Å². The standard InChI is InChI=1S/C11H24N2O2/c1-3-15-9-11(14)8-13(2)10-4-6-12-7-5-10/h10-12,14H,3-9H2,1-2H3. The van der Waals surface area contributed by atoms with E-state index in [2.05, 4.69) is 17.3 Å². The average molecular weight is 216 g/mol. The maximum absolute atomic E-state index is 9.70. The van der Waals surface area contributed by atoms with E-state index in [0.29, 0.717) is 25.8 Å². The minimum Gasteiger partial charge on any atom is -0.389 e. The molecule has 15 heavy (non-hydrogen) atoms. The van der Waals surface area contributed by atoms with Crippen molar-refractivity contribution >= 4 is 0 Å². The van der Waals surface area contributed by atoms with Crippen molar-refractivity contribution in [1.29, 1.82) is 0 Å². The summed E-state index contributed by atoms with van der Waals surface area (Å²) < 4.78 is 5.19. The second-order valence-corrected chi connectivity index (χ2v) is 4.23. The van der Waals surface area contributed by atoms with Gasteiger partial charge in [0.15, 0.2) is 0 Å². The molecule has 0 aromatic rings. The fourth-order valence-corrected chi connectivity index (χ4v) is 2.04. The third-order valence-corrected chi connectivity index (χ3v) is 2.95. The van der Waals surface area contributed by atoms with E-state index in [-0.39, 0.29) is 6.10 Å². The van der Waals surface area contributed by atoms with E-state index in [1.807, 2.05) is 6.92 Å². The molecule has 1 aliphatic heterocycles. The second kappa shape index (κ2) is 7.17. The number of piperidine rings is 1. The lowest BCUT2D eigenvalue weighted by Gasteiger charge is -2.32. The number of rotatable bonds is 6. The quantitative estimate of drug-likeness (QED) is 0.659. The molecule has 1 saturated heterocycles. The highest BCUT2D eigenvalue weighted by Crippen LogP contribution is 2.10. The Balaban J connectivity index is 2.17. The maximum Gasteiger partial charge on any atom is 0.0900 e. The molecule has 4 heteroatoms. The van der Waals surface area contributed by atoms with Gasteiger partial charge >= 0.3 is 0 Å². The van der Waals surface area contributed by atoms with Gasteiger partial charge in [-0.2, -0.15) is 0 Å². The third kappa shape index (κ3) is 4.93. The van der Waals surface area contributed by atoms with Crippen molar-refractivity contribution in [1.82, 2.24) is 10.2 Å². The Morgan fingerprint density at radius 3 is 2.73 bits per heavy atom. The lowest BCUT2D eigenvalue weighted by atomic mass is 10.1. The van der Waals surface area contributed by atoms with Crippen LogP contribution in [0.3, 0.4) is 0 Å². The fraction of sp³-hybridized carbons (Fsp3) is 1.00. The lowest BCUT2D eigenvalue weighted by molar-refractivity contribution is 0.0158. The number of ether oxygens (including phenoxy) is 1. The molecule has 0 spiro atoms. The summed E-state index contributed by atoms with van der Waals surface area (Å²) >= 11 is 0. The first-order chi connectivity index (χ1) is 7.24. The van der Waals surface area contributed by atoms with Crippen LogP contribution >= 0.6 is 0 Å². The summed E-state index contributed by atoms with van der Waals surface area (Å²) in [6.45, 7) is 5.97. The fourth-order valence-electron chi connectivity index (χ4n) is 2.04.